The summed E-state index contributed by atoms with van der Waals surface area (Å²) in [5, 5.41) is 0. The van der Waals surface area contributed by atoms with Crippen LogP contribution in [0.4, 0.5) is 0 Å². The molecule has 3 nitrogen and oxygen atoms in total. The standard InChI is InChI=1S/C25H30N2OS.2ClH/c1-17-14-18(2)29-25(17)20-11-12-23(28-3)21(15-20)16-27-13-7-10-22(26)24(27)19-8-5-4-6-9-19;;/h4-6,8-9,11-12,14-15,22,24H,7,10,13,16,26H2,1-3H3;2*1H. The number of nitrogens with two attached hydrogens (primary N) is 1. The number of likely N-dealkylation sites (tertiary alicyclic amines) is 1. The second kappa shape index (κ2) is 11.3. The van der Waals surface area contributed by atoms with Crippen molar-refractivity contribution in [2.75, 3.05) is 13.7 Å². The Morgan fingerprint density at radius 2 is 1.81 bits per heavy atom. The summed E-state index contributed by atoms with van der Waals surface area (Å²) >= 11 is 1.86. The average Bonchev–Trinajstić information content (AvgIpc) is 3.07. The summed E-state index contributed by atoms with van der Waals surface area (Å²) in [6, 6.07) is 19.9. The van der Waals surface area contributed by atoms with Crippen LogP contribution < -0.4 is 10.5 Å². The second-order valence-corrected chi connectivity index (χ2v) is 9.28. The van der Waals surface area contributed by atoms with E-state index in [1.54, 1.807) is 7.11 Å². The summed E-state index contributed by atoms with van der Waals surface area (Å²) in [5.41, 5.74) is 11.7. The van der Waals surface area contributed by atoms with Gasteiger partial charge in [-0.15, -0.1) is 36.2 Å². The van der Waals surface area contributed by atoms with Gasteiger partial charge in [-0.2, -0.15) is 0 Å². The summed E-state index contributed by atoms with van der Waals surface area (Å²) in [6.07, 6.45) is 2.20. The summed E-state index contributed by atoms with van der Waals surface area (Å²) in [7, 11) is 1.76. The van der Waals surface area contributed by atoms with E-state index in [9.17, 15) is 0 Å². The van der Waals surface area contributed by atoms with Gasteiger partial charge >= 0.3 is 0 Å². The zero-order valence-electron chi connectivity index (χ0n) is 18.3. The minimum atomic E-state index is 0. The predicted octanol–water partition coefficient (Wildman–Crippen LogP) is 6.55. The smallest absolute Gasteiger partial charge is 0.123 e. The fourth-order valence-corrected chi connectivity index (χ4v) is 5.60. The van der Waals surface area contributed by atoms with E-state index in [-0.39, 0.29) is 36.9 Å². The molecule has 1 aliphatic heterocycles. The van der Waals surface area contributed by atoms with Crippen LogP contribution in [0.3, 0.4) is 0 Å². The summed E-state index contributed by atoms with van der Waals surface area (Å²) < 4.78 is 5.73. The Kier molecular flexibility index (Phi) is 9.41. The summed E-state index contributed by atoms with van der Waals surface area (Å²) in [6.45, 7) is 6.26. The third-order valence-corrected chi connectivity index (χ3v) is 7.08. The number of methoxy groups -OCH3 is 1. The van der Waals surface area contributed by atoms with E-state index < -0.39 is 0 Å². The number of piperidine rings is 1. The third-order valence-electron chi connectivity index (χ3n) is 5.88. The lowest BCUT2D eigenvalue weighted by Gasteiger charge is -2.40. The number of thiophene rings is 1. The number of ether oxygens (including phenoxy) is 1. The van der Waals surface area contributed by atoms with E-state index in [4.69, 9.17) is 10.5 Å². The van der Waals surface area contributed by atoms with E-state index >= 15 is 0 Å². The first kappa shape index (κ1) is 25.7. The molecule has 1 saturated heterocycles. The first-order valence-corrected chi connectivity index (χ1v) is 11.2. The maximum atomic E-state index is 6.60. The first-order valence-electron chi connectivity index (χ1n) is 10.4. The van der Waals surface area contributed by atoms with E-state index in [1.807, 2.05) is 11.3 Å². The van der Waals surface area contributed by atoms with Gasteiger partial charge in [0, 0.05) is 27.9 Å². The molecule has 168 valence electrons. The maximum Gasteiger partial charge on any atom is 0.123 e. The van der Waals surface area contributed by atoms with Crippen LogP contribution >= 0.6 is 36.2 Å². The lowest BCUT2D eigenvalue weighted by atomic mass is 9.90. The largest absolute Gasteiger partial charge is 0.496 e. The lowest BCUT2D eigenvalue weighted by Crippen LogP contribution is -2.45. The highest BCUT2D eigenvalue weighted by Gasteiger charge is 2.30. The first-order chi connectivity index (χ1) is 14.1. The van der Waals surface area contributed by atoms with E-state index in [0.29, 0.717) is 0 Å². The van der Waals surface area contributed by atoms with Gasteiger partial charge in [-0.25, -0.2) is 0 Å². The van der Waals surface area contributed by atoms with Crippen molar-refractivity contribution in [3.8, 4) is 16.2 Å². The lowest BCUT2D eigenvalue weighted by molar-refractivity contribution is 0.119. The monoisotopic (exact) mass is 478 g/mol. The number of aryl methyl sites for hydroxylation is 2. The van der Waals surface area contributed by atoms with Crippen LogP contribution in [0.2, 0.25) is 0 Å². The molecular formula is C25H32Cl2N2OS. The number of benzene rings is 2. The molecule has 0 amide bonds. The molecule has 1 aliphatic rings. The van der Waals surface area contributed by atoms with Crippen molar-refractivity contribution >= 4 is 36.2 Å². The van der Waals surface area contributed by atoms with Crippen LogP contribution in [0.5, 0.6) is 5.75 Å². The molecule has 6 heteroatoms. The van der Waals surface area contributed by atoms with Gasteiger partial charge in [0.05, 0.1) is 13.2 Å². The van der Waals surface area contributed by atoms with E-state index in [2.05, 4.69) is 73.3 Å². The van der Waals surface area contributed by atoms with Crippen molar-refractivity contribution in [1.29, 1.82) is 0 Å². The molecule has 2 N–H and O–H groups in total. The Morgan fingerprint density at radius 1 is 1.06 bits per heavy atom. The molecule has 2 atom stereocenters. The molecule has 31 heavy (non-hydrogen) atoms. The van der Waals surface area contributed by atoms with Crippen LogP contribution in [-0.4, -0.2) is 24.6 Å². The van der Waals surface area contributed by atoms with Crippen molar-refractivity contribution in [3.63, 3.8) is 0 Å². The molecule has 2 aromatic carbocycles. The Balaban J connectivity index is 0.00000171. The molecule has 4 rings (SSSR count). The maximum absolute atomic E-state index is 6.60. The van der Waals surface area contributed by atoms with Gasteiger partial charge in [-0.05, 0) is 74.2 Å². The van der Waals surface area contributed by atoms with E-state index in [0.717, 1.165) is 31.7 Å². The van der Waals surface area contributed by atoms with Gasteiger partial charge < -0.3 is 10.5 Å². The van der Waals surface area contributed by atoms with Crippen molar-refractivity contribution in [3.05, 3.63) is 76.2 Å². The molecule has 2 heterocycles. The highest BCUT2D eigenvalue weighted by atomic mass is 35.5. The fourth-order valence-electron chi connectivity index (χ4n) is 4.57. The zero-order chi connectivity index (χ0) is 20.4. The zero-order valence-corrected chi connectivity index (χ0v) is 20.8. The number of hydrogen-bond acceptors (Lipinski definition) is 4. The average molecular weight is 480 g/mol. The fraction of sp³-hybridized carbons (Fsp3) is 0.360. The molecule has 0 aliphatic carbocycles. The van der Waals surface area contributed by atoms with Crippen LogP contribution in [0.1, 0.15) is 40.5 Å². The number of nitrogens with zero attached hydrogens (tertiary/aromatic N) is 1. The highest BCUT2D eigenvalue weighted by molar-refractivity contribution is 7.15. The van der Waals surface area contributed by atoms with Crippen molar-refractivity contribution < 1.29 is 4.74 Å². The van der Waals surface area contributed by atoms with E-state index in [1.165, 1.54) is 32.0 Å². The van der Waals surface area contributed by atoms with Gasteiger partial charge in [0.2, 0.25) is 0 Å². The number of rotatable bonds is 5. The molecule has 3 aromatic rings. The van der Waals surface area contributed by atoms with Crippen LogP contribution in [0.25, 0.3) is 10.4 Å². The van der Waals surface area contributed by atoms with Gasteiger partial charge in [-0.1, -0.05) is 30.3 Å². The molecule has 0 bridgehead atoms. The van der Waals surface area contributed by atoms with Gasteiger partial charge in [0.15, 0.2) is 0 Å². The van der Waals surface area contributed by atoms with Crippen LogP contribution in [-0.2, 0) is 6.54 Å². The second-order valence-electron chi connectivity index (χ2n) is 8.03. The quantitative estimate of drug-likeness (QED) is 0.451. The highest BCUT2D eigenvalue weighted by Crippen LogP contribution is 2.37. The van der Waals surface area contributed by atoms with Gasteiger partial charge in [-0.3, -0.25) is 4.90 Å². The number of hydrogen-bond donors (Lipinski definition) is 1. The number of halogens is 2. The van der Waals surface area contributed by atoms with Crippen molar-refractivity contribution in [2.24, 2.45) is 5.73 Å². The SMILES string of the molecule is COc1ccc(-c2sc(C)cc2C)cc1CN1CCCC(N)C1c1ccccc1.Cl.Cl. The molecule has 2 unspecified atom stereocenters. The minimum absolute atomic E-state index is 0. The third kappa shape index (κ3) is 5.63. The molecule has 1 fully saturated rings. The summed E-state index contributed by atoms with van der Waals surface area (Å²) in [4.78, 5) is 5.22. The molecule has 1 aromatic heterocycles. The van der Waals surface area contributed by atoms with Crippen molar-refractivity contribution in [1.82, 2.24) is 4.90 Å². The molecule has 0 radical (unpaired) electrons. The van der Waals surface area contributed by atoms with Gasteiger partial charge in [0.1, 0.15) is 5.75 Å². The summed E-state index contributed by atoms with van der Waals surface area (Å²) in [5.74, 6) is 0.950. The predicted molar refractivity (Wildman–Crippen MR) is 137 cm³/mol. The Labute approximate surface area is 202 Å². The molecule has 0 spiro atoms. The normalized spacial score (nSPS) is 18.7. The molecular weight excluding hydrogens is 447 g/mol. The Morgan fingerprint density at radius 3 is 2.45 bits per heavy atom. The topological polar surface area (TPSA) is 38.5 Å². The van der Waals surface area contributed by atoms with Crippen LogP contribution in [0.15, 0.2) is 54.6 Å². The molecule has 0 saturated carbocycles. The Bertz CT molecular complexity index is 977. The van der Waals surface area contributed by atoms with Crippen molar-refractivity contribution in [2.45, 2.75) is 45.3 Å². The minimum Gasteiger partial charge on any atom is -0.496 e. The Hall–Kier alpha value is -1.56. The van der Waals surface area contributed by atoms with Crippen LogP contribution in [0, 0.1) is 13.8 Å². The van der Waals surface area contributed by atoms with Gasteiger partial charge in [0.25, 0.3) is 0 Å².